The number of rotatable bonds is 7. The number of hydrogen-bond donors (Lipinski definition) is 1. The summed E-state index contributed by atoms with van der Waals surface area (Å²) in [5, 5.41) is 3.33. The van der Waals surface area contributed by atoms with Crippen molar-refractivity contribution >= 4 is 31.9 Å². The van der Waals surface area contributed by atoms with Gasteiger partial charge in [0.2, 0.25) is 0 Å². The second kappa shape index (κ2) is 8.08. The molecule has 0 amide bonds. The molecule has 17 heavy (non-hydrogen) atoms. The number of halogens is 2. The third kappa shape index (κ3) is 5.86. The first-order valence-corrected chi connectivity index (χ1v) is 7.12. The number of hydrogen-bond acceptors (Lipinski definition) is 3. The number of nitrogens with one attached hydrogen (secondary N) is 1. The van der Waals surface area contributed by atoms with Crippen LogP contribution < -0.4 is 10.1 Å². The molecule has 0 atom stereocenters. The summed E-state index contributed by atoms with van der Waals surface area (Å²) in [7, 11) is 4.13. The second-order valence-electron chi connectivity index (χ2n) is 3.95. The van der Waals surface area contributed by atoms with E-state index in [4.69, 9.17) is 4.74 Å². The predicted octanol–water partition coefficient (Wildman–Crippen LogP) is 2.74. The minimum atomic E-state index is 0.661. The molecule has 1 aromatic carbocycles. The van der Waals surface area contributed by atoms with E-state index in [0.717, 1.165) is 34.3 Å². The van der Waals surface area contributed by atoms with Crippen LogP contribution in [0.3, 0.4) is 0 Å². The van der Waals surface area contributed by atoms with Crippen molar-refractivity contribution in [3.05, 3.63) is 27.1 Å². The molecule has 1 N–H and O–H groups in total. The Balaban J connectivity index is 2.22. The van der Waals surface area contributed by atoms with E-state index in [1.54, 1.807) is 0 Å². The molecule has 0 radical (unpaired) electrons. The van der Waals surface area contributed by atoms with Crippen LogP contribution in [0.25, 0.3) is 0 Å². The first-order chi connectivity index (χ1) is 8.11. The molecule has 96 valence electrons. The van der Waals surface area contributed by atoms with Gasteiger partial charge < -0.3 is 15.0 Å². The van der Waals surface area contributed by atoms with Crippen molar-refractivity contribution in [2.75, 3.05) is 40.3 Å². The molecule has 0 heterocycles. The van der Waals surface area contributed by atoms with Crippen molar-refractivity contribution in [3.63, 3.8) is 0 Å². The highest BCUT2D eigenvalue weighted by molar-refractivity contribution is 9.11. The summed E-state index contributed by atoms with van der Waals surface area (Å²) >= 11 is 6.93. The molecule has 0 aliphatic rings. The zero-order valence-electron chi connectivity index (χ0n) is 10.2. The van der Waals surface area contributed by atoms with Gasteiger partial charge in [-0.2, -0.15) is 0 Å². The van der Waals surface area contributed by atoms with Crippen molar-refractivity contribution in [2.45, 2.75) is 0 Å². The summed E-state index contributed by atoms with van der Waals surface area (Å²) in [6.07, 6.45) is 0. The van der Waals surface area contributed by atoms with E-state index in [1.807, 2.05) is 18.2 Å². The van der Waals surface area contributed by atoms with Crippen LogP contribution in [0.5, 0.6) is 5.75 Å². The van der Waals surface area contributed by atoms with Crippen LogP contribution in [0.1, 0.15) is 0 Å². The number of likely N-dealkylation sites (N-methyl/N-ethyl adjacent to an activating group) is 1. The quantitative estimate of drug-likeness (QED) is 0.752. The zero-order chi connectivity index (χ0) is 12.7. The Morgan fingerprint density at radius 1 is 1.18 bits per heavy atom. The van der Waals surface area contributed by atoms with Gasteiger partial charge in [0.1, 0.15) is 12.4 Å². The van der Waals surface area contributed by atoms with E-state index in [0.29, 0.717) is 6.61 Å². The molecule has 5 heteroatoms. The largest absolute Gasteiger partial charge is 0.490 e. The molecule has 0 aliphatic carbocycles. The topological polar surface area (TPSA) is 24.5 Å². The fourth-order valence-electron chi connectivity index (χ4n) is 1.27. The van der Waals surface area contributed by atoms with Gasteiger partial charge in [-0.1, -0.05) is 6.07 Å². The highest BCUT2D eigenvalue weighted by Crippen LogP contribution is 2.32. The normalized spacial score (nSPS) is 10.9. The van der Waals surface area contributed by atoms with E-state index in [1.165, 1.54) is 0 Å². The van der Waals surface area contributed by atoms with Gasteiger partial charge >= 0.3 is 0 Å². The highest BCUT2D eigenvalue weighted by Gasteiger charge is 2.04. The fraction of sp³-hybridized carbons (Fsp3) is 0.500. The van der Waals surface area contributed by atoms with E-state index in [-0.39, 0.29) is 0 Å². The molecule has 0 bridgehead atoms. The van der Waals surface area contributed by atoms with E-state index < -0.39 is 0 Å². The van der Waals surface area contributed by atoms with Gasteiger partial charge in [0.15, 0.2) is 0 Å². The van der Waals surface area contributed by atoms with Crippen LogP contribution in [0.15, 0.2) is 27.1 Å². The molecule has 3 nitrogen and oxygen atoms in total. The lowest BCUT2D eigenvalue weighted by Crippen LogP contribution is -2.29. The van der Waals surface area contributed by atoms with Crippen molar-refractivity contribution in [1.82, 2.24) is 10.2 Å². The zero-order valence-corrected chi connectivity index (χ0v) is 13.3. The van der Waals surface area contributed by atoms with Gasteiger partial charge in [-0.25, -0.2) is 0 Å². The number of para-hydroxylation sites is 1. The van der Waals surface area contributed by atoms with E-state index in [9.17, 15) is 0 Å². The predicted molar refractivity (Wildman–Crippen MR) is 78.8 cm³/mol. The summed E-state index contributed by atoms with van der Waals surface area (Å²) < 4.78 is 7.65. The summed E-state index contributed by atoms with van der Waals surface area (Å²) in [5.41, 5.74) is 0. The van der Waals surface area contributed by atoms with Gasteiger partial charge in [-0.3, -0.25) is 0 Å². The molecule has 0 saturated carbocycles. The molecule has 0 unspecified atom stereocenters. The molecule has 0 saturated heterocycles. The van der Waals surface area contributed by atoms with Gasteiger partial charge in [-0.15, -0.1) is 0 Å². The Bertz CT molecular complexity index is 325. The Morgan fingerprint density at radius 2 is 1.82 bits per heavy atom. The van der Waals surface area contributed by atoms with Gasteiger partial charge in [-0.05, 0) is 58.1 Å². The minimum absolute atomic E-state index is 0.661. The maximum absolute atomic E-state index is 5.70. The maximum Gasteiger partial charge on any atom is 0.147 e. The maximum atomic E-state index is 5.70. The van der Waals surface area contributed by atoms with Crippen LogP contribution >= 0.6 is 31.9 Å². The minimum Gasteiger partial charge on any atom is -0.490 e. The lowest BCUT2D eigenvalue weighted by atomic mass is 10.3. The molecule has 0 spiro atoms. The van der Waals surface area contributed by atoms with Gasteiger partial charge in [0.25, 0.3) is 0 Å². The SMILES string of the molecule is CN(C)CCNCCOc1c(Br)cccc1Br. The van der Waals surface area contributed by atoms with Gasteiger partial charge in [0.05, 0.1) is 8.95 Å². The van der Waals surface area contributed by atoms with Crippen LogP contribution in [0.2, 0.25) is 0 Å². The standard InChI is InChI=1S/C12H18Br2N2O/c1-16(2)8-6-15-7-9-17-12-10(13)4-3-5-11(12)14/h3-5,15H,6-9H2,1-2H3. The summed E-state index contributed by atoms with van der Waals surface area (Å²) in [6, 6.07) is 5.91. The lowest BCUT2D eigenvalue weighted by molar-refractivity contribution is 0.305. The van der Waals surface area contributed by atoms with E-state index >= 15 is 0 Å². The smallest absolute Gasteiger partial charge is 0.147 e. The summed E-state index contributed by atoms with van der Waals surface area (Å²) in [6.45, 7) is 3.53. The molecule has 1 rings (SSSR count). The number of benzene rings is 1. The van der Waals surface area contributed by atoms with Crippen LogP contribution in [0.4, 0.5) is 0 Å². The van der Waals surface area contributed by atoms with Gasteiger partial charge in [0, 0.05) is 19.6 Å². The highest BCUT2D eigenvalue weighted by atomic mass is 79.9. The van der Waals surface area contributed by atoms with Crippen LogP contribution in [-0.2, 0) is 0 Å². The average molecular weight is 366 g/mol. The Morgan fingerprint density at radius 3 is 2.41 bits per heavy atom. The molecule has 0 aliphatic heterocycles. The molecular formula is C12H18Br2N2O. The van der Waals surface area contributed by atoms with Crippen LogP contribution in [0, 0.1) is 0 Å². The van der Waals surface area contributed by atoms with Crippen molar-refractivity contribution in [1.29, 1.82) is 0 Å². The molecular weight excluding hydrogens is 348 g/mol. The summed E-state index contributed by atoms with van der Waals surface area (Å²) in [5.74, 6) is 0.863. The number of ether oxygens (including phenoxy) is 1. The Labute approximate surface area is 120 Å². The van der Waals surface area contributed by atoms with Crippen molar-refractivity contribution < 1.29 is 4.74 Å². The number of nitrogens with zero attached hydrogens (tertiary/aromatic N) is 1. The van der Waals surface area contributed by atoms with Crippen molar-refractivity contribution in [2.24, 2.45) is 0 Å². The molecule has 1 aromatic rings. The molecule has 0 aromatic heterocycles. The first kappa shape index (κ1) is 15.0. The van der Waals surface area contributed by atoms with E-state index in [2.05, 4.69) is 56.2 Å². The summed E-state index contributed by atoms with van der Waals surface area (Å²) in [4.78, 5) is 2.15. The third-order valence-electron chi connectivity index (χ3n) is 2.18. The Kier molecular flexibility index (Phi) is 7.11. The fourth-order valence-corrected chi connectivity index (χ4v) is 2.50. The van der Waals surface area contributed by atoms with Crippen molar-refractivity contribution in [3.8, 4) is 5.75 Å². The Hall–Kier alpha value is -0.100. The first-order valence-electron chi connectivity index (χ1n) is 5.53. The lowest BCUT2D eigenvalue weighted by Gasteiger charge is -2.12. The monoisotopic (exact) mass is 364 g/mol. The average Bonchev–Trinajstić information content (AvgIpc) is 2.26. The van der Waals surface area contributed by atoms with Crippen LogP contribution in [-0.4, -0.2) is 45.2 Å². The molecule has 0 fully saturated rings. The third-order valence-corrected chi connectivity index (χ3v) is 3.43. The second-order valence-corrected chi connectivity index (χ2v) is 5.66.